The summed E-state index contributed by atoms with van der Waals surface area (Å²) in [6, 6.07) is 14.4. The van der Waals surface area contributed by atoms with Crippen molar-refractivity contribution in [3.63, 3.8) is 0 Å². The average molecular weight is 328 g/mol. The molecule has 0 spiro atoms. The normalized spacial score (nSPS) is 13.0. The molecule has 2 amide bonds. The second-order valence-corrected chi connectivity index (χ2v) is 5.84. The Morgan fingerprint density at radius 1 is 1.21 bits per heavy atom. The smallest absolute Gasteiger partial charge is 0.319 e. The lowest BCUT2D eigenvalue weighted by Crippen LogP contribution is -2.37. The standard InChI is InChI=1S/C19H24N2O3/c1-13-9-10-16(24-3)12-17(13)21-19(23)20-14(2)11-18(22)15-7-5-4-6-8-15/h4-10,12,14,18,22H,11H2,1-3H3,(H2,20,21,23)/t14-,18+/m0/s1. The number of ether oxygens (including phenoxy) is 1. The maximum absolute atomic E-state index is 12.1. The van der Waals surface area contributed by atoms with Crippen molar-refractivity contribution in [2.24, 2.45) is 0 Å². The number of methoxy groups -OCH3 is 1. The van der Waals surface area contributed by atoms with Gasteiger partial charge in [-0.2, -0.15) is 0 Å². The van der Waals surface area contributed by atoms with Crippen molar-refractivity contribution in [1.82, 2.24) is 5.32 Å². The summed E-state index contributed by atoms with van der Waals surface area (Å²) in [5.41, 5.74) is 2.49. The predicted molar refractivity (Wildman–Crippen MR) is 95.4 cm³/mol. The lowest BCUT2D eigenvalue weighted by Gasteiger charge is -2.19. The number of amides is 2. The van der Waals surface area contributed by atoms with Gasteiger partial charge in [-0.05, 0) is 37.5 Å². The molecule has 2 atom stereocenters. The van der Waals surface area contributed by atoms with E-state index < -0.39 is 6.10 Å². The average Bonchev–Trinajstić information content (AvgIpc) is 2.57. The monoisotopic (exact) mass is 328 g/mol. The van der Waals surface area contributed by atoms with Gasteiger partial charge in [0.15, 0.2) is 0 Å². The van der Waals surface area contributed by atoms with Crippen LogP contribution >= 0.6 is 0 Å². The molecule has 0 heterocycles. The molecule has 0 saturated heterocycles. The van der Waals surface area contributed by atoms with Crippen molar-refractivity contribution < 1.29 is 14.6 Å². The Hall–Kier alpha value is -2.53. The van der Waals surface area contributed by atoms with Gasteiger partial charge in [0.05, 0.1) is 13.2 Å². The summed E-state index contributed by atoms with van der Waals surface area (Å²) < 4.78 is 5.17. The number of nitrogens with one attached hydrogen (secondary N) is 2. The first-order valence-electron chi connectivity index (χ1n) is 7.94. The second kappa shape index (κ2) is 8.36. The third-order valence-corrected chi connectivity index (χ3v) is 3.83. The number of carbonyl (C=O) groups excluding carboxylic acids is 1. The molecule has 0 radical (unpaired) electrons. The molecule has 128 valence electrons. The minimum Gasteiger partial charge on any atom is -0.497 e. The molecule has 0 aromatic heterocycles. The number of carbonyl (C=O) groups is 1. The van der Waals surface area contributed by atoms with Crippen LogP contribution in [0.2, 0.25) is 0 Å². The number of rotatable bonds is 6. The van der Waals surface area contributed by atoms with Gasteiger partial charge in [0, 0.05) is 17.8 Å². The van der Waals surface area contributed by atoms with Crippen LogP contribution in [0, 0.1) is 6.92 Å². The molecule has 0 unspecified atom stereocenters. The SMILES string of the molecule is COc1ccc(C)c(NC(=O)N[C@@H](C)C[C@@H](O)c2ccccc2)c1. The van der Waals surface area contributed by atoms with Crippen molar-refractivity contribution in [1.29, 1.82) is 0 Å². The Labute approximate surface area is 142 Å². The fraction of sp³-hybridized carbons (Fsp3) is 0.316. The first kappa shape index (κ1) is 17.8. The van der Waals surface area contributed by atoms with Crippen molar-refractivity contribution in [3.05, 3.63) is 59.7 Å². The molecule has 0 aliphatic rings. The molecule has 5 nitrogen and oxygen atoms in total. The summed E-state index contributed by atoms with van der Waals surface area (Å²) in [7, 11) is 1.58. The molecule has 0 aliphatic carbocycles. The van der Waals surface area contributed by atoms with Crippen LogP contribution in [0.4, 0.5) is 10.5 Å². The molecule has 0 bridgehead atoms. The molecule has 3 N–H and O–H groups in total. The highest BCUT2D eigenvalue weighted by Gasteiger charge is 2.15. The van der Waals surface area contributed by atoms with E-state index in [1.165, 1.54) is 0 Å². The summed E-state index contributed by atoms with van der Waals surface area (Å²) in [6.07, 6.45) is -0.172. The summed E-state index contributed by atoms with van der Waals surface area (Å²) >= 11 is 0. The van der Waals surface area contributed by atoms with Crippen molar-refractivity contribution >= 4 is 11.7 Å². The Bertz CT molecular complexity index is 674. The lowest BCUT2D eigenvalue weighted by atomic mass is 10.0. The summed E-state index contributed by atoms with van der Waals surface area (Å²) in [6.45, 7) is 3.78. The number of aliphatic hydroxyl groups excluding tert-OH is 1. The van der Waals surface area contributed by atoms with Crippen molar-refractivity contribution in [2.45, 2.75) is 32.4 Å². The van der Waals surface area contributed by atoms with Gasteiger partial charge in [-0.3, -0.25) is 0 Å². The third-order valence-electron chi connectivity index (χ3n) is 3.83. The van der Waals surface area contributed by atoms with E-state index in [1.807, 2.05) is 56.3 Å². The highest BCUT2D eigenvalue weighted by molar-refractivity contribution is 5.90. The first-order chi connectivity index (χ1) is 11.5. The van der Waals surface area contributed by atoms with Gasteiger partial charge in [-0.25, -0.2) is 4.79 Å². The van der Waals surface area contributed by atoms with E-state index >= 15 is 0 Å². The van der Waals surface area contributed by atoms with Crippen LogP contribution in [0.5, 0.6) is 5.75 Å². The van der Waals surface area contributed by atoms with E-state index in [0.717, 1.165) is 11.1 Å². The second-order valence-electron chi connectivity index (χ2n) is 5.84. The van der Waals surface area contributed by atoms with Gasteiger partial charge in [-0.1, -0.05) is 36.4 Å². The zero-order valence-corrected chi connectivity index (χ0v) is 14.2. The fourth-order valence-electron chi connectivity index (χ4n) is 2.45. The van der Waals surface area contributed by atoms with E-state index in [-0.39, 0.29) is 12.1 Å². The minimum atomic E-state index is -0.611. The summed E-state index contributed by atoms with van der Waals surface area (Å²) in [4.78, 5) is 12.1. The van der Waals surface area contributed by atoms with Crippen LogP contribution in [0.1, 0.15) is 30.6 Å². The highest BCUT2D eigenvalue weighted by Crippen LogP contribution is 2.22. The Kier molecular flexibility index (Phi) is 6.21. The molecule has 2 aromatic rings. The Morgan fingerprint density at radius 2 is 1.92 bits per heavy atom. The first-order valence-corrected chi connectivity index (χ1v) is 7.94. The molecule has 0 fully saturated rings. The lowest BCUT2D eigenvalue weighted by molar-refractivity contribution is 0.155. The van der Waals surface area contributed by atoms with Gasteiger partial charge in [0.25, 0.3) is 0 Å². The molecular formula is C19H24N2O3. The van der Waals surface area contributed by atoms with E-state index in [9.17, 15) is 9.90 Å². The number of benzene rings is 2. The maximum Gasteiger partial charge on any atom is 0.319 e. The molecule has 24 heavy (non-hydrogen) atoms. The zero-order chi connectivity index (χ0) is 17.5. The highest BCUT2D eigenvalue weighted by atomic mass is 16.5. The molecule has 0 saturated carbocycles. The van der Waals surface area contributed by atoms with Gasteiger partial charge >= 0.3 is 6.03 Å². The fourth-order valence-corrected chi connectivity index (χ4v) is 2.45. The van der Waals surface area contributed by atoms with Gasteiger partial charge in [-0.15, -0.1) is 0 Å². The van der Waals surface area contributed by atoms with E-state index in [1.54, 1.807) is 13.2 Å². The minimum absolute atomic E-state index is 0.175. The third kappa shape index (κ3) is 4.99. The maximum atomic E-state index is 12.1. The number of aryl methyl sites for hydroxylation is 1. The van der Waals surface area contributed by atoms with E-state index in [2.05, 4.69) is 10.6 Å². The van der Waals surface area contributed by atoms with Crippen LogP contribution in [0.3, 0.4) is 0 Å². The van der Waals surface area contributed by atoms with Gasteiger partial charge < -0.3 is 20.5 Å². The van der Waals surface area contributed by atoms with Crippen molar-refractivity contribution in [2.75, 3.05) is 12.4 Å². The predicted octanol–water partition coefficient (Wildman–Crippen LogP) is 3.64. The van der Waals surface area contributed by atoms with E-state index in [0.29, 0.717) is 17.9 Å². The number of hydrogen-bond acceptors (Lipinski definition) is 3. The van der Waals surface area contributed by atoms with Gasteiger partial charge in [0.2, 0.25) is 0 Å². The Morgan fingerprint density at radius 3 is 2.58 bits per heavy atom. The topological polar surface area (TPSA) is 70.6 Å². The van der Waals surface area contributed by atoms with Crippen LogP contribution in [0.25, 0.3) is 0 Å². The van der Waals surface area contributed by atoms with E-state index in [4.69, 9.17) is 4.74 Å². The number of aliphatic hydroxyl groups is 1. The van der Waals surface area contributed by atoms with Crippen molar-refractivity contribution in [3.8, 4) is 5.75 Å². The quantitative estimate of drug-likeness (QED) is 0.758. The van der Waals surface area contributed by atoms with Crippen LogP contribution in [0.15, 0.2) is 48.5 Å². The number of anilines is 1. The number of urea groups is 1. The van der Waals surface area contributed by atoms with Crippen LogP contribution in [-0.4, -0.2) is 24.3 Å². The molecule has 2 rings (SSSR count). The molecule has 5 heteroatoms. The summed E-state index contributed by atoms with van der Waals surface area (Å²) in [5.74, 6) is 0.684. The molecule has 0 aliphatic heterocycles. The Balaban J connectivity index is 1.90. The van der Waals surface area contributed by atoms with Gasteiger partial charge in [0.1, 0.15) is 5.75 Å². The summed E-state index contributed by atoms with van der Waals surface area (Å²) in [5, 5.41) is 15.9. The van der Waals surface area contributed by atoms with Crippen LogP contribution < -0.4 is 15.4 Å². The van der Waals surface area contributed by atoms with Crippen LogP contribution in [-0.2, 0) is 0 Å². The largest absolute Gasteiger partial charge is 0.497 e. The number of hydrogen-bond donors (Lipinski definition) is 3. The molecule has 2 aromatic carbocycles. The zero-order valence-electron chi connectivity index (χ0n) is 14.2. The molecular weight excluding hydrogens is 304 g/mol.